The summed E-state index contributed by atoms with van der Waals surface area (Å²) >= 11 is 0. The average Bonchev–Trinajstić information content (AvgIpc) is 2.64. The van der Waals surface area contributed by atoms with Crippen molar-refractivity contribution >= 4 is 16.7 Å². The zero-order chi connectivity index (χ0) is 13.8. The fraction of sp³-hybridized carbons (Fsp3) is 0.533. The van der Waals surface area contributed by atoms with Crippen LogP contribution in [0.2, 0.25) is 0 Å². The Bertz CT molecular complexity index is 630. The summed E-state index contributed by atoms with van der Waals surface area (Å²) in [6.45, 7) is 6.59. The van der Waals surface area contributed by atoms with Crippen LogP contribution in [0.25, 0.3) is 11.0 Å². The fourth-order valence-corrected chi connectivity index (χ4v) is 3.33. The van der Waals surface area contributed by atoms with Gasteiger partial charge in [0.15, 0.2) is 0 Å². The van der Waals surface area contributed by atoms with E-state index in [-0.39, 0.29) is 5.41 Å². The number of aromatic nitrogens is 2. The maximum atomic E-state index is 5.83. The van der Waals surface area contributed by atoms with E-state index in [1.807, 2.05) is 12.1 Å². The molecule has 1 aliphatic rings. The van der Waals surface area contributed by atoms with Crippen LogP contribution in [0.5, 0.6) is 0 Å². The molecule has 2 N–H and O–H groups in total. The molecule has 4 heteroatoms. The Balaban J connectivity index is 2.09. The van der Waals surface area contributed by atoms with Crippen molar-refractivity contribution in [3.63, 3.8) is 0 Å². The summed E-state index contributed by atoms with van der Waals surface area (Å²) in [5.74, 6) is 1.05. The van der Waals surface area contributed by atoms with Gasteiger partial charge in [0, 0.05) is 24.3 Å². The number of aryl methyl sites for hydroxylation is 1. The van der Waals surface area contributed by atoms with E-state index in [1.165, 1.54) is 5.52 Å². The van der Waals surface area contributed by atoms with Crippen molar-refractivity contribution in [2.75, 3.05) is 12.8 Å². The lowest BCUT2D eigenvalue weighted by Gasteiger charge is -2.52. The van der Waals surface area contributed by atoms with E-state index in [0.29, 0.717) is 12.1 Å². The molecule has 1 saturated carbocycles. The summed E-state index contributed by atoms with van der Waals surface area (Å²) < 4.78 is 7.88. The van der Waals surface area contributed by atoms with Gasteiger partial charge in [0.1, 0.15) is 5.82 Å². The van der Waals surface area contributed by atoms with Crippen molar-refractivity contribution in [1.29, 1.82) is 0 Å². The normalized spacial score (nSPS) is 25.5. The smallest absolute Gasteiger partial charge is 0.107 e. The first-order chi connectivity index (χ1) is 8.95. The quantitative estimate of drug-likeness (QED) is 0.844. The maximum Gasteiger partial charge on any atom is 0.107 e. The first-order valence-electron chi connectivity index (χ1n) is 6.72. The zero-order valence-corrected chi connectivity index (χ0v) is 12.0. The molecule has 0 spiro atoms. The molecule has 0 saturated heterocycles. The number of anilines is 1. The third-order valence-electron chi connectivity index (χ3n) is 4.61. The number of hydrogen-bond acceptors (Lipinski definition) is 3. The number of fused-ring (bicyclic) bond motifs is 1. The molecule has 1 fully saturated rings. The van der Waals surface area contributed by atoms with Gasteiger partial charge in [-0.3, -0.25) is 0 Å². The van der Waals surface area contributed by atoms with Crippen molar-refractivity contribution in [2.45, 2.75) is 39.3 Å². The Labute approximate surface area is 113 Å². The van der Waals surface area contributed by atoms with E-state index in [4.69, 9.17) is 10.5 Å². The Kier molecular flexibility index (Phi) is 2.61. The zero-order valence-electron chi connectivity index (χ0n) is 12.0. The molecular formula is C15H21N3O. The lowest BCUT2D eigenvalue weighted by Crippen LogP contribution is -2.51. The highest BCUT2D eigenvalue weighted by Crippen LogP contribution is 2.52. The molecule has 0 bridgehead atoms. The summed E-state index contributed by atoms with van der Waals surface area (Å²) in [5, 5.41) is 0. The SMILES string of the molecule is COC1CC(n2c(C)nc3cc(N)ccc32)C1(C)C. The highest BCUT2D eigenvalue weighted by atomic mass is 16.5. The second kappa shape index (κ2) is 3.97. The van der Waals surface area contributed by atoms with Gasteiger partial charge >= 0.3 is 0 Å². The number of nitrogens with zero attached hydrogens (tertiary/aromatic N) is 2. The van der Waals surface area contributed by atoms with Crippen molar-refractivity contribution in [3.8, 4) is 0 Å². The summed E-state index contributed by atoms with van der Waals surface area (Å²) in [6.07, 6.45) is 1.36. The van der Waals surface area contributed by atoms with E-state index >= 15 is 0 Å². The lowest BCUT2D eigenvalue weighted by atomic mass is 9.64. The molecule has 1 heterocycles. The van der Waals surface area contributed by atoms with Gasteiger partial charge in [0.25, 0.3) is 0 Å². The van der Waals surface area contributed by atoms with E-state index in [9.17, 15) is 0 Å². The van der Waals surface area contributed by atoms with Crippen LogP contribution in [0.3, 0.4) is 0 Å². The van der Waals surface area contributed by atoms with Crippen LogP contribution in [-0.2, 0) is 4.74 Å². The number of imidazole rings is 1. The minimum atomic E-state index is 0.133. The summed E-state index contributed by atoms with van der Waals surface area (Å²) in [7, 11) is 1.79. The van der Waals surface area contributed by atoms with E-state index in [2.05, 4.69) is 36.4 Å². The van der Waals surface area contributed by atoms with Crippen LogP contribution in [0, 0.1) is 12.3 Å². The molecular weight excluding hydrogens is 238 g/mol. The number of methoxy groups -OCH3 is 1. The third-order valence-corrected chi connectivity index (χ3v) is 4.61. The highest BCUT2D eigenvalue weighted by molar-refractivity contribution is 5.79. The van der Waals surface area contributed by atoms with Crippen LogP contribution in [0.4, 0.5) is 5.69 Å². The Morgan fingerprint density at radius 2 is 2.16 bits per heavy atom. The van der Waals surface area contributed by atoms with Gasteiger partial charge in [-0.15, -0.1) is 0 Å². The first-order valence-corrected chi connectivity index (χ1v) is 6.72. The molecule has 0 aliphatic heterocycles. The average molecular weight is 259 g/mol. The molecule has 0 radical (unpaired) electrons. The highest BCUT2D eigenvalue weighted by Gasteiger charge is 2.50. The number of rotatable bonds is 2. The molecule has 2 aromatic rings. The van der Waals surface area contributed by atoms with E-state index in [1.54, 1.807) is 7.11 Å². The number of nitrogen functional groups attached to an aromatic ring is 1. The van der Waals surface area contributed by atoms with Crippen molar-refractivity contribution < 1.29 is 4.74 Å². The van der Waals surface area contributed by atoms with Gasteiger partial charge in [-0.25, -0.2) is 4.98 Å². The predicted octanol–water partition coefficient (Wildman–Crippen LogP) is 2.91. The molecule has 2 atom stereocenters. The molecule has 0 amide bonds. The van der Waals surface area contributed by atoms with Crippen LogP contribution < -0.4 is 5.73 Å². The van der Waals surface area contributed by atoms with Gasteiger partial charge in [-0.2, -0.15) is 0 Å². The van der Waals surface area contributed by atoms with E-state index in [0.717, 1.165) is 23.4 Å². The number of ether oxygens (including phenoxy) is 1. The third kappa shape index (κ3) is 1.66. The first kappa shape index (κ1) is 12.5. The van der Waals surface area contributed by atoms with Gasteiger partial charge in [0.05, 0.1) is 17.1 Å². The van der Waals surface area contributed by atoms with Gasteiger partial charge in [-0.1, -0.05) is 13.8 Å². The largest absolute Gasteiger partial charge is 0.399 e. The summed E-state index contributed by atoms with van der Waals surface area (Å²) in [6, 6.07) is 6.39. The minimum Gasteiger partial charge on any atom is -0.399 e. The van der Waals surface area contributed by atoms with Gasteiger partial charge in [0.2, 0.25) is 0 Å². The molecule has 1 aromatic carbocycles. The van der Waals surface area contributed by atoms with Crippen LogP contribution in [-0.4, -0.2) is 22.8 Å². The Morgan fingerprint density at radius 3 is 2.79 bits per heavy atom. The number of benzene rings is 1. The Hall–Kier alpha value is -1.55. The van der Waals surface area contributed by atoms with Crippen LogP contribution in [0.15, 0.2) is 18.2 Å². The second-order valence-corrected chi connectivity index (χ2v) is 6.07. The molecule has 1 aromatic heterocycles. The number of hydrogen-bond donors (Lipinski definition) is 1. The molecule has 2 unspecified atom stereocenters. The van der Waals surface area contributed by atoms with Crippen molar-refractivity contribution in [2.24, 2.45) is 5.41 Å². The lowest BCUT2D eigenvalue weighted by molar-refractivity contribution is -0.112. The van der Waals surface area contributed by atoms with Crippen molar-refractivity contribution in [3.05, 3.63) is 24.0 Å². The summed E-state index contributed by atoms with van der Waals surface area (Å²) in [4.78, 5) is 4.64. The monoisotopic (exact) mass is 259 g/mol. The van der Waals surface area contributed by atoms with E-state index < -0.39 is 0 Å². The second-order valence-electron chi connectivity index (χ2n) is 6.07. The standard InChI is InChI=1S/C15H21N3O/c1-9-17-11-7-10(16)5-6-12(11)18(9)13-8-14(19-4)15(13,2)3/h5-7,13-14H,8,16H2,1-4H3. The maximum absolute atomic E-state index is 5.83. The number of nitrogens with two attached hydrogens (primary N) is 1. The molecule has 4 nitrogen and oxygen atoms in total. The molecule has 19 heavy (non-hydrogen) atoms. The molecule has 102 valence electrons. The van der Waals surface area contributed by atoms with Crippen LogP contribution in [0.1, 0.15) is 32.1 Å². The van der Waals surface area contributed by atoms with Gasteiger partial charge in [-0.05, 0) is 31.5 Å². The fourth-order valence-electron chi connectivity index (χ4n) is 3.33. The molecule has 3 rings (SSSR count). The summed E-state index contributed by atoms with van der Waals surface area (Å²) in [5.41, 5.74) is 8.88. The Morgan fingerprint density at radius 1 is 1.42 bits per heavy atom. The minimum absolute atomic E-state index is 0.133. The predicted molar refractivity (Wildman–Crippen MR) is 77.1 cm³/mol. The van der Waals surface area contributed by atoms with Gasteiger partial charge < -0.3 is 15.0 Å². The molecule has 1 aliphatic carbocycles. The van der Waals surface area contributed by atoms with Crippen LogP contribution >= 0.6 is 0 Å². The van der Waals surface area contributed by atoms with Crippen molar-refractivity contribution in [1.82, 2.24) is 9.55 Å². The topological polar surface area (TPSA) is 53.1 Å².